The molecule has 0 spiro atoms. The zero-order valence-corrected chi connectivity index (χ0v) is 11.8. The van der Waals surface area contributed by atoms with E-state index in [1.165, 1.54) is 0 Å². The Morgan fingerprint density at radius 2 is 2.11 bits per heavy atom. The van der Waals surface area contributed by atoms with Crippen molar-refractivity contribution in [2.24, 2.45) is 0 Å². The van der Waals surface area contributed by atoms with E-state index >= 15 is 0 Å². The number of morpholine rings is 1. The molecule has 1 amide bonds. The van der Waals surface area contributed by atoms with Crippen LogP contribution in [0.4, 0.5) is 5.69 Å². The molecule has 0 aliphatic carbocycles. The topological polar surface area (TPSA) is 84.2 Å². The van der Waals surface area contributed by atoms with Gasteiger partial charge >= 0.3 is 0 Å². The fourth-order valence-electron chi connectivity index (χ4n) is 2.48. The second-order valence-electron chi connectivity index (χ2n) is 5.18. The van der Waals surface area contributed by atoms with E-state index < -0.39 is 0 Å². The number of nitrogens with zero attached hydrogens (tertiary/aromatic N) is 2. The van der Waals surface area contributed by atoms with Crippen molar-refractivity contribution in [3.8, 4) is 0 Å². The summed E-state index contributed by atoms with van der Waals surface area (Å²) in [7, 11) is 0. The summed E-state index contributed by atoms with van der Waals surface area (Å²) in [4.78, 5) is 14.2. The lowest BCUT2D eigenvalue weighted by molar-refractivity contribution is -0.0587. The van der Waals surface area contributed by atoms with Gasteiger partial charge in [0.25, 0.3) is 5.91 Å². The Morgan fingerprint density at radius 3 is 2.68 bits per heavy atom. The number of nitrogens with one attached hydrogen (secondary N) is 1. The molecule has 0 bridgehead atoms. The van der Waals surface area contributed by atoms with Gasteiger partial charge in [0.1, 0.15) is 0 Å². The number of carbonyl (C=O) groups excluding carboxylic acids is 1. The van der Waals surface area contributed by atoms with E-state index in [0.717, 1.165) is 18.5 Å². The summed E-state index contributed by atoms with van der Waals surface area (Å²) in [6, 6.07) is 0. The normalized spacial score (nSPS) is 23.6. The molecule has 0 radical (unpaired) electrons. The molecule has 1 saturated heterocycles. The van der Waals surface area contributed by atoms with Crippen molar-refractivity contribution < 1.29 is 9.53 Å². The Labute approximate surface area is 113 Å². The lowest BCUT2D eigenvalue weighted by atomic mass is 10.1. The highest BCUT2D eigenvalue weighted by atomic mass is 16.5. The van der Waals surface area contributed by atoms with Gasteiger partial charge in [-0.1, -0.05) is 13.3 Å². The summed E-state index contributed by atoms with van der Waals surface area (Å²) in [5.41, 5.74) is 7.66. The van der Waals surface area contributed by atoms with Gasteiger partial charge in [0.05, 0.1) is 23.6 Å². The number of nitrogens with two attached hydrogens (primary N) is 1. The van der Waals surface area contributed by atoms with Crippen LogP contribution in [0.2, 0.25) is 0 Å². The van der Waals surface area contributed by atoms with Crippen LogP contribution in [0.15, 0.2) is 0 Å². The van der Waals surface area contributed by atoms with Gasteiger partial charge in [-0.2, -0.15) is 5.10 Å². The summed E-state index contributed by atoms with van der Waals surface area (Å²) in [5.74, 6) is -0.113. The average Bonchev–Trinajstić information content (AvgIpc) is 2.70. The second-order valence-corrected chi connectivity index (χ2v) is 5.18. The standard InChI is InChI=1S/C13H22N4O2/c1-4-5-10-11(14)12(16-15-10)13(18)17-6-8(2)19-9(3)7-17/h8-9H,4-7,14H2,1-3H3,(H,15,16)/t8-,9+. The second kappa shape index (κ2) is 5.61. The van der Waals surface area contributed by atoms with Crippen molar-refractivity contribution in [2.45, 2.75) is 45.8 Å². The first-order valence-electron chi connectivity index (χ1n) is 6.80. The number of aromatic nitrogens is 2. The van der Waals surface area contributed by atoms with Gasteiger partial charge in [-0.15, -0.1) is 0 Å². The van der Waals surface area contributed by atoms with Gasteiger partial charge in [0.15, 0.2) is 5.69 Å². The largest absolute Gasteiger partial charge is 0.395 e. The molecule has 2 atom stereocenters. The molecule has 3 N–H and O–H groups in total. The zero-order chi connectivity index (χ0) is 14.0. The summed E-state index contributed by atoms with van der Waals surface area (Å²) >= 11 is 0. The first-order chi connectivity index (χ1) is 9.02. The fourth-order valence-corrected chi connectivity index (χ4v) is 2.48. The predicted octanol–water partition coefficient (Wildman–Crippen LogP) is 1.19. The monoisotopic (exact) mass is 266 g/mol. The molecule has 2 rings (SSSR count). The number of aromatic amines is 1. The van der Waals surface area contributed by atoms with E-state index in [-0.39, 0.29) is 18.1 Å². The molecule has 0 unspecified atom stereocenters. The van der Waals surface area contributed by atoms with Crippen molar-refractivity contribution in [3.63, 3.8) is 0 Å². The number of anilines is 1. The van der Waals surface area contributed by atoms with E-state index in [0.29, 0.717) is 24.5 Å². The lowest BCUT2D eigenvalue weighted by Crippen LogP contribution is -2.48. The molecule has 1 aliphatic heterocycles. The highest BCUT2D eigenvalue weighted by Crippen LogP contribution is 2.20. The summed E-state index contributed by atoms with van der Waals surface area (Å²) in [5, 5.41) is 6.94. The maximum absolute atomic E-state index is 12.4. The van der Waals surface area contributed by atoms with Gasteiger partial charge in [-0.25, -0.2) is 0 Å². The number of nitrogen functional groups attached to an aromatic ring is 1. The van der Waals surface area contributed by atoms with Crippen molar-refractivity contribution in [2.75, 3.05) is 18.8 Å². The molecule has 6 nitrogen and oxygen atoms in total. The summed E-state index contributed by atoms with van der Waals surface area (Å²) in [6.07, 6.45) is 1.86. The van der Waals surface area contributed by atoms with Crippen molar-refractivity contribution in [3.05, 3.63) is 11.4 Å². The third-order valence-electron chi connectivity index (χ3n) is 3.29. The van der Waals surface area contributed by atoms with Gasteiger partial charge in [0, 0.05) is 13.1 Å². The highest BCUT2D eigenvalue weighted by molar-refractivity contribution is 5.97. The lowest BCUT2D eigenvalue weighted by Gasteiger charge is -2.34. The van der Waals surface area contributed by atoms with E-state index in [9.17, 15) is 4.79 Å². The number of ether oxygens (including phenoxy) is 1. The average molecular weight is 266 g/mol. The first-order valence-corrected chi connectivity index (χ1v) is 6.80. The molecule has 1 aromatic rings. The quantitative estimate of drug-likeness (QED) is 0.860. The van der Waals surface area contributed by atoms with E-state index in [1.54, 1.807) is 4.90 Å². The SMILES string of the molecule is CCCc1[nH]nc(C(=O)N2C[C@@H](C)O[C@@H](C)C2)c1N. The number of carbonyl (C=O) groups is 1. The third-order valence-corrected chi connectivity index (χ3v) is 3.29. The number of hydrogen-bond acceptors (Lipinski definition) is 4. The van der Waals surface area contributed by atoms with Crippen LogP contribution in [0.5, 0.6) is 0 Å². The maximum atomic E-state index is 12.4. The third kappa shape index (κ3) is 2.89. The first kappa shape index (κ1) is 13.9. The summed E-state index contributed by atoms with van der Waals surface area (Å²) < 4.78 is 5.62. The fraction of sp³-hybridized carbons (Fsp3) is 0.692. The number of amides is 1. The smallest absolute Gasteiger partial charge is 0.276 e. The Kier molecular flexibility index (Phi) is 4.09. The van der Waals surface area contributed by atoms with Crippen LogP contribution in [-0.4, -0.2) is 46.3 Å². The Balaban J connectivity index is 2.15. The van der Waals surface area contributed by atoms with E-state index in [1.807, 2.05) is 13.8 Å². The predicted molar refractivity (Wildman–Crippen MR) is 72.9 cm³/mol. The number of hydrogen-bond donors (Lipinski definition) is 2. The Bertz CT molecular complexity index is 447. The molecule has 1 aromatic heterocycles. The minimum atomic E-state index is -0.113. The van der Waals surface area contributed by atoms with Crippen LogP contribution < -0.4 is 5.73 Å². The Morgan fingerprint density at radius 1 is 1.47 bits per heavy atom. The van der Waals surface area contributed by atoms with Crippen molar-refractivity contribution in [1.29, 1.82) is 0 Å². The molecule has 0 aromatic carbocycles. The van der Waals surface area contributed by atoms with Gasteiger partial charge < -0.3 is 15.4 Å². The van der Waals surface area contributed by atoms with Crippen molar-refractivity contribution >= 4 is 11.6 Å². The minimum Gasteiger partial charge on any atom is -0.395 e. The zero-order valence-electron chi connectivity index (χ0n) is 11.8. The highest BCUT2D eigenvalue weighted by Gasteiger charge is 2.29. The van der Waals surface area contributed by atoms with Crippen LogP contribution in [0.3, 0.4) is 0 Å². The van der Waals surface area contributed by atoms with Gasteiger partial charge in [-0.05, 0) is 20.3 Å². The van der Waals surface area contributed by atoms with E-state index in [4.69, 9.17) is 10.5 Å². The number of rotatable bonds is 3. The van der Waals surface area contributed by atoms with Crippen LogP contribution in [0.1, 0.15) is 43.4 Å². The molecular formula is C13H22N4O2. The van der Waals surface area contributed by atoms with Crippen LogP contribution in [-0.2, 0) is 11.2 Å². The van der Waals surface area contributed by atoms with Crippen LogP contribution in [0.25, 0.3) is 0 Å². The van der Waals surface area contributed by atoms with Gasteiger partial charge in [0.2, 0.25) is 0 Å². The molecule has 1 fully saturated rings. The van der Waals surface area contributed by atoms with Gasteiger partial charge in [-0.3, -0.25) is 9.89 Å². The molecule has 106 valence electrons. The van der Waals surface area contributed by atoms with Crippen molar-refractivity contribution in [1.82, 2.24) is 15.1 Å². The minimum absolute atomic E-state index is 0.0444. The molecule has 0 saturated carbocycles. The number of aryl methyl sites for hydroxylation is 1. The maximum Gasteiger partial charge on any atom is 0.276 e. The number of H-pyrrole nitrogens is 1. The molecule has 6 heteroatoms. The molecule has 1 aliphatic rings. The molecule has 19 heavy (non-hydrogen) atoms. The van der Waals surface area contributed by atoms with Crippen LogP contribution in [0, 0.1) is 0 Å². The van der Waals surface area contributed by atoms with E-state index in [2.05, 4.69) is 17.1 Å². The Hall–Kier alpha value is -1.56. The molecule has 2 heterocycles. The summed E-state index contributed by atoms with van der Waals surface area (Å²) in [6.45, 7) is 7.16. The van der Waals surface area contributed by atoms with Crippen LogP contribution >= 0.6 is 0 Å². The molecular weight excluding hydrogens is 244 g/mol.